The molecule has 0 unspecified atom stereocenters. The second-order valence-corrected chi connectivity index (χ2v) is 8.37. The number of hydrogen-bond donors (Lipinski definition) is 1. The third-order valence-corrected chi connectivity index (χ3v) is 6.55. The Kier molecular flexibility index (Phi) is 5.56. The van der Waals surface area contributed by atoms with Crippen LogP contribution < -0.4 is 4.72 Å². The number of para-hydroxylation sites is 1. The average molecular weight is 391 g/mol. The van der Waals surface area contributed by atoms with Gasteiger partial charge < -0.3 is 0 Å². The molecular formula is C18H21N3O5S. The molecule has 0 spiro atoms. The fourth-order valence-corrected chi connectivity index (χ4v) is 5.00. The Hall–Kier alpha value is -2.33. The van der Waals surface area contributed by atoms with E-state index >= 15 is 0 Å². The second kappa shape index (κ2) is 7.73. The van der Waals surface area contributed by atoms with Gasteiger partial charge in [0.15, 0.2) is 0 Å². The molecule has 8 nitrogen and oxygen atoms in total. The highest BCUT2D eigenvalue weighted by atomic mass is 32.2. The maximum Gasteiger partial charge on any atom is 0.274 e. The van der Waals surface area contributed by atoms with Crippen molar-refractivity contribution in [3.05, 3.63) is 75.8 Å². The van der Waals surface area contributed by atoms with E-state index < -0.39 is 32.3 Å². The fourth-order valence-electron chi connectivity index (χ4n) is 3.30. The third kappa shape index (κ3) is 4.01. The molecule has 3 atom stereocenters. The molecule has 27 heavy (non-hydrogen) atoms. The van der Waals surface area contributed by atoms with Crippen molar-refractivity contribution in [2.45, 2.75) is 24.3 Å². The lowest BCUT2D eigenvalue weighted by atomic mass is 10.0. The van der Waals surface area contributed by atoms with Crippen LogP contribution in [0.3, 0.4) is 0 Å². The zero-order chi connectivity index (χ0) is 19.6. The van der Waals surface area contributed by atoms with Gasteiger partial charge in [-0.25, -0.2) is 13.1 Å². The molecule has 1 aliphatic rings. The normalized spacial score (nSPS) is 21.9. The summed E-state index contributed by atoms with van der Waals surface area (Å²) >= 11 is 0. The minimum atomic E-state index is -3.82. The van der Waals surface area contributed by atoms with Gasteiger partial charge in [-0.15, -0.1) is 0 Å². The van der Waals surface area contributed by atoms with Crippen molar-refractivity contribution in [1.29, 1.82) is 0 Å². The number of nitro groups is 1. The molecule has 0 aromatic heterocycles. The highest BCUT2D eigenvalue weighted by Gasteiger charge is 2.45. The number of benzene rings is 2. The van der Waals surface area contributed by atoms with Gasteiger partial charge in [0.2, 0.25) is 10.0 Å². The first-order valence-electron chi connectivity index (χ1n) is 8.46. The maximum absolute atomic E-state index is 13.0. The van der Waals surface area contributed by atoms with Crippen molar-refractivity contribution in [1.82, 2.24) is 9.79 Å². The quantitative estimate of drug-likeness (QED) is 0.600. The number of nitro benzene ring substituents is 1. The molecule has 2 aromatic rings. The highest BCUT2D eigenvalue weighted by molar-refractivity contribution is 7.90. The summed E-state index contributed by atoms with van der Waals surface area (Å²) in [6.07, 6.45) is 0. The Morgan fingerprint density at radius 2 is 1.81 bits per heavy atom. The van der Waals surface area contributed by atoms with E-state index in [1.54, 1.807) is 32.2 Å². The Bertz CT molecular complexity index is 920. The number of nitrogens with zero attached hydrogens (tertiary/aromatic N) is 2. The zero-order valence-corrected chi connectivity index (χ0v) is 15.8. The summed E-state index contributed by atoms with van der Waals surface area (Å²) in [5, 5.41) is 11.8. The molecule has 1 N–H and O–H groups in total. The summed E-state index contributed by atoms with van der Waals surface area (Å²) in [6.45, 7) is 1.68. The van der Waals surface area contributed by atoms with E-state index in [4.69, 9.17) is 4.84 Å². The van der Waals surface area contributed by atoms with E-state index in [-0.39, 0.29) is 12.3 Å². The number of rotatable bonds is 6. The molecule has 2 aromatic carbocycles. The summed E-state index contributed by atoms with van der Waals surface area (Å²) in [6, 6.07) is 14.1. The predicted octanol–water partition coefficient (Wildman–Crippen LogP) is 2.56. The number of nitrogens with one attached hydrogen (secondary N) is 1. The van der Waals surface area contributed by atoms with Gasteiger partial charge in [-0.05, 0) is 12.5 Å². The fraction of sp³-hybridized carbons (Fsp3) is 0.333. The van der Waals surface area contributed by atoms with Gasteiger partial charge in [-0.1, -0.05) is 48.5 Å². The lowest BCUT2D eigenvalue weighted by Gasteiger charge is -2.24. The average Bonchev–Trinajstić information content (AvgIpc) is 3.04. The standard InChI is InChI=1S/C18H21N3O5S/c1-13(14-8-4-3-5-9-14)19-27(24,25)17-12-26-20(2)18(17)15-10-6-7-11-16(15)21(22)23/h3-11,13,17-19H,12H2,1-2H3/t13-,17-,18-/m0/s1. The Morgan fingerprint density at radius 1 is 1.19 bits per heavy atom. The molecule has 1 heterocycles. The molecule has 9 heteroatoms. The molecule has 3 rings (SSSR count). The van der Waals surface area contributed by atoms with E-state index in [9.17, 15) is 18.5 Å². The van der Waals surface area contributed by atoms with Crippen LogP contribution in [0.4, 0.5) is 5.69 Å². The largest absolute Gasteiger partial charge is 0.297 e. The number of hydroxylamine groups is 2. The summed E-state index contributed by atoms with van der Waals surface area (Å²) in [4.78, 5) is 16.3. The Morgan fingerprint density at radius 3 is 2.48 bits per heavy atom. The molecule has 1 aliphatic heterocycles. The van der Waals surface area contributed by atoms with Crippen LogP contribution in [-0.4, -0.2) is 37.3 Å². The smallest absolute Gasteiger partial charge is 0.274 e. The minimum Gasteiger partial charge on any atom is -0.297 e. The van der Waals surface area contributed by atoms with E-state index in [1.165, 1.54) is 11.1 Å². The Balaban J connectivity index is 1.92. The molecule has 0 bridgehead atoms. The van der Waals surface area contributed by atoms with Gasteiger partial charge in [-0.3, -0.25) is 15.0 Å². The van der Waals surface area contributed by atoms with Crippen LogP contribution in [0.5, 0.6) is 0 Å². The van der Waals surface area contributed by atoms with Crippen LogP contribution in [0.2, 0.25) is 0 Å². The van der Waals surface area contributed by atoms with E-state index in [0.29, 0.717) is 5.56 Å². The first-order valence-corrected chi connectivity index (χ1v) is 10.0. The summed E-state index contributed by atoms with van der Waals surface area (Å²) in [5.74, 6) is 0. The van der Waals surface area contributed by atoms with E-state index in [1.807, 2.05) is 30.3 Å². The van der Waals surface area contributed by atoms with Crippen molar-refractivity contribution >= 4 is 15.7 Å². The molecule has 0 aliphatic carbocycles. The van der Waals surface area contributed by atoms with Crippen LogP contribution in [-0.2, 0) is 14.9 Å². The molecule has 1 fully saturated rings. The maximum atomic E-state index is 13.0. The van der Waals surface area contributed by atoms with E-state index in [2.05, 4.69) is 4.72 Å². The van der Waals surface area contributed by atoms with Crippen molar-refractivity contribution in [2.75, 3.05) is 13.7 Å². The molecule has 1 saturated heterocycles. The van der Waals surface area contributed by atoms with Gasteiger partial charge in [0.1, 0.15) is 5.25 Å². The predicted molar refractivity (Wildman–Crippen MR) is 100 cm³/mol. The van der Waals surface area contributed by atoms with Gasteiger partial charge >= 0.3 is 0 Å². The van der Waals surface area contributed by atoms with Crippen LogP contribution >= 0.6 is 0 Å². The number of hydrogen-bond acceptors (Lipinski definition) is 6. The molecule has 0 amide bonds. The van der Waals surface area contributed by atoms with Crippen LogP contribution in [0.25, 0.3) is 0 Å². The van der Waals surface area contributed by atoms with E-state index in [0.717, 1.165) is 5.56 Å². The SMILES string of the molecule is C[C@H](NS(=O)(=O)[C@H]1CON(C)[C@H]1c1ccccc1[N+](=O)[O-])c1ccccc1. The van der Waals surface area contributed by atoms with Crippen molar-refractivity contribution < 1.29 is 18.2 Å². The zero-order valence-electron chi connectivity index (χ0n) is 15.0. The second-order valence-electron chi connectivity index (χ2n) is 6.44. The summed E-state index contributed by atoms with van der Waals surface area (Å²) in [5.41, 5.74) is 1.01. The summed E-state index contributed by atoms with van der Waals surface area (Å²) in [7, 11) is -2.24. The molecular weight excluding hydrogens is 370 g/mol. The van der Waals surface area contributed by atoms with Crippen LogP contribution in [0.1, 0.15) is 30.1 Å². The lowest BCUT2D eigenvalue weighted by molar-refractivity contribution is -0.386. The molecule has 0 radical (unpaired) electrons. The van der Waals surface area contributed by atoms with Crippen LogP contribution in [0, 0.1) is 10.1 Å². The molecule has 0 saturated carbocycles. The summed E-state index contributed by atoms with van der Waals surface area (Å²) < 4.78 is 28.8. The van der Waals surface area contributed by atoms with Gasteiger partial charge in [0.05, 0.1) is 23.1 Å². The first-order chi connectivity index (χ1) is 12.8. The third-order valence-electron chi connectivity index (χ3n) is 4.68. The van der Waals surface area contributed by atoms with Gasteiger partial charge in [0, 0.05) is 19.2 Å². The Labute approximate surface area is 157 Å². The topological polar surface area (TPSA) is 102 Å². The highest BCUT2D eigenvalue weighted by Crippen LogP contribution is 2.38. The van der Waals surface area contributed by atoms with Crippen molar-refractivity contribution in [2.24, 2.45) is 0 Å². The number of sulfonamides is 1. The van der Waals surface area contributed by atoms with Crippen LogP contribution in [0.15, 0.2) is 54.6 Å². The van der Waals surface area contributed by atoms with Crippen molar-refractivity contribution in [3.8, 4) is 0 Å². The van der Waals surface area contributed by atoms with Crippen molar-refractivity contribution in [3.63, 3.8) is 0 Å². The van der Waals surface area contributed by atoms with Gasteiger partial charge in [-0.2, -0.15) is 5.06 Å². The first kappa shape index (κ1) is 19.4. The monoisotopic (exact) mass is 391 g/mol. The molecule has 144 valence electrons. The lowest BCUT2D eigenvalue weighted by Crippen LogP contribution is -2.40. The minimum absolute atomic E-state index is 0.0793. The van der Waals surface area contributed by atoms with Gasteiger partial charge in [0.25, 0.3) is 5.69 Å².